The summed E-state index contributed by atoms with van der Waals surface area (Å²) in [5.41, 5.74) is 0.997. The van der Waals surface area contributed by atoms with Crippen molar-refractivity contribution in [3.05, 3.63) is 23.8 Å². The molecule has 2 heteroatoms. The van der Waals surface area contributed by atoms with Gasteiger partial charge in [-0.1, -0.05) is 6.07 Å². The molecule has 20 heavy (non-hydrogen) atoms. The maximum atomic E-state index is 9.91. The molecule has 0 spiro atoms. The highest BCUT2D eigenvalue weighted by atomic mass is 16.3. The maximum Gasteiger partial charge on any atom is 0.122 e. The molecule has 108 valence electrons. The molecule has 0 unspecified atom stereocenters. The van der Waals surface area contributed by atoms with E-state index < -0.39 is 0 Å². The molecule has 5 rings (SSSR count). The number of benzene rings is 1. The molecular formula is C18H24O2. The normalized spacial score (nSPS) is 38.3. The van der Waals surface area contributed by atoms with Crippen molar-refractivity contribution in [2.24, 2.45) is 29.6 Å². The molecule has 4 aliphatic rings. The highest BCUT2D eigenvalue weighted by Crippen LogP contribution is 2.57. The Hall–Kier alpha value is -1.18. The smallest absolute Gasteiger partial charge is 0.122 e. The highest BCUT2D eigenvalue weighted by Gasteiger charge is 2.47. The summed E-state index contributed by atoms with van der Waals surface area (Å²) in [5.74, 6) is 5.30. The van der Waals surface area contributed by atoms with Gasteiger partial charge in [-0.3, -0.25) is 0 Å². The zero-order valence-corrected chi connectivity index (χ0v) is 12.0. The molecule has 4 saturated carbocycles. The minimum Gasteiger partial charge on any atom is -0.508 e. The van der Waals surface area contributed by atoms with E-state index in [0.717, 1.165) is 41.6 Å². The summed E-state index contributed by atoms with van der Waals surface area (Å²) in [6, 6.07) is 5.03. The van der Waals surface area contributed by atoms with Crippen LogP contribution in [0.15, 0.2) is 18.2 Å². The number of phenolic OH excluding ortho intramolecular Hbond substituents is 2. The average Bonchev–Trinajstić information content (AvgIpc) is 2.39. The van der Waals surface area contributed by atoms with E-state index in [2.05, 4.69) is 0 Å². The molecule has 1 aromatic carbocycles. The SMILES string of the molecule is Oc1ccc(CCC2C3CC4CC(C3)CC2C4)c(O)c1. The zero-order valence-electron chi connectivity index (χ0n) is 12.0. The van der Waals surface area contributed by atoms with Crippen LogP contribution in [0.5, 0.6) is 11.5 Å². The number of hydrogen-bond donors (Lipinski definition) is 2. The van der Waals surface area contributed by atoms with Crippen molar-refractivity contribution in [2.45, 2.75) is 44.9 Å². The van der Waals surface area contributed by atoms with E-state index in [9.17, 15) is 10.2 Å². The molecule has 0 radical (unpaired) electrons. The van der Waals surface area contributed by atoms with Crippen LogP contribution in [0.25, 0.3) is 0 Å². The summed E-state index contributed by atoms with van der Waals surface area (Å²) in [6.45, 7) is 0. The molecular weight excluding hydrogens is 248 g/mol. The van der Waals surface area contributed by atoms with Gasteiger partial charge in [0.2, 0.25) is 0 Å². The summed E-state index contributed by atoms with van der Waals surface area (Å²) in [4.78, 5) is 0. The van der Waals surface area contributed by atoms with Crippen molar-refractivity contribution in [1.82, 2.24) is 0 Å². The number of phenols is 2. The largest absolute Gasteiger partial charge is 0.508 e. The van der Waals surface area contributed by atoms with Crippen LogP contribution in [-0.4, -0.2) is 10.2 Å². The van der Waals surface area contributed by atoms with E-state index in [1.165, 1.54) is 44.6 Å². The van der Waals surface area contributed by atoms with E-state index in [4.69, 9.17) is 0 Å². The fraction of sp³-hybridized carbons (Fsp3) is 0.667. The number of hydrogen-bond acceptors (Lipinski definition) is 2. The van der Waals surface area contributed by atoms with Crippen molar-refractivity contribution < 1.29 is 10.2 Å². The average molecular weight is 272 g/mol. The standard InChI is InChI=1S/C18H24O2/c19-16-3-1-13(18(20)10-16)2-4-17-14-6-11-5-12(8-14)9-15(17)7-11/h1,3,10-12,14-15,17,19-20H,2,4-9H2. The Kier molecular flexibility index (Phi) is 2.94. The molecule has 0 atom stereocenters. The van der Waals surface area contributed by atoms with E-state index >= 15 is 0 Å². The molecule has 1 aromatic rings. The lowest BCUT2D eigenvalue weighted by molar-refractivity contribution is -0.0394. The Bertz CT molecular complexity index is 480. The van der Waals surface area contributed by atoms with Crippen molar-refractivity contribution in [1.29, 1.82) is 0 Å². The molecule has 0 aromatic heterocycles. The summed E-state index contributed by atoms with van der Waals surface area (Å²) >= 11 is 0. The van der Waals surface area contributed by atoms with E-state index in [-0.39, 0.29) is 11.5 Å². The van der Waals surface area contributed by atoms with Gasteiger partial charge in [0.1, 0.15) is 11.5 Å². The topological polar surface area (TPSA) is 40.5 Å². The molecule has 2 N–H and O–H groups in total. The van der Waals surface area contributed by atoms with Gasteiger partial charge >= 0.3 is 0 Å². The molecule has 0 heterocycles. The predicted octanol–water partition coefficient (Wildman–Crippen LogP) is 4.10. The van der Waals surface area contributed by atoms with Gasteiger partial charge in [-0.2, -0.15) is 0 Å². The van der Waals surface area contributed by atoms with Crippen molar-refractivity contribution in [3.63, 3.8) is 0 Å². The van der Waals surface area contributed by atoms with Crippen LogP contribution >= 0.6 is 0 Å². The predicted molar refractivity (Wildman–Crippen MR) is 78.6 cm³/mol. The first-order valence-electron chi connectivity index (χ1n) is 8.20. The molecule has 0 saturated heterocycles. The van der Waals surface area contributed by atoms with Gasteiger partial charge < -0.3 is 10.2 Å². The minimum absolute atomic E-state index is 0.154. The monoisotopic (exact) mass is 272 g/mol. The second-order valence-electron chi connectivity index (χ2n) is 7.45. The Balaban J connectivity index is 1.44. The van der Waals surface area contributed by atoms with E-state index in [1.807, 2.05) is 6.07 Å². The highest BCUT2D eigenvalue weighted by molar-refractivity contribution is 5.38. The third kappa shape index (κ3) is 2.10. The molecule has 0 aliphatic heterocycles. The fourth-order valence-electron chi connectivity index (χ4n) is 5.60. The first-order valence-corrected chi connectivity index (χ1v) is 8.20. The lowest BCUT2D eigenvalue weighted by Crippen LogP contribution is -2.45. The summed E-state index contributed by atoms with van der Waals surface area (Å²) in [6.07, 6.45) is 9.57. The van der Waals surface area contributed by atoms with Crippen LogP contribution in [0.2, 0.25) is 0 Å². The number of aromatic hydroxyl groups is 2. The van der Waals surface area contributed by atoms with Gasteiger partial charge in [-0.25, -0.2) is 0 Å². The maximum absolute atomic E-state index is 9.91. The molecule has 2 nitrogen and oxygen atoms in total. The number of aryl methyl sites for hydroxylation is 1. The van der Waals surface area contributed by atoms with Crippen LogP contribution in [-0.2, 0) is 6.42 Å². The zero-order chi connectivity index (χ0) is 13.7. The molecule has 4 bridgehead atoms. The van der Waals surface area contributed by atoms with Crippen LogP contribution < -0.4 is 0 Å². The van der Waals surface area contributed by atoms with Crippen LogP contribution in [0.3, 0.4) is 0 Å². The molecule has 4 fully saturated rings. The number of rotatable bonds is 3. The van der Waals surface area contributed by atoms with Crippen molar-refractivity contribution in [2.75, 3.05) is 0 Å². The van der Waals surface area contributed by atoms with Gasteiger partial charge in [-0.15, -0.1) is 0 Å². The van der Waals surface area contributed by atoms with Gasteiger partial charge in [0.15, 0.2) is 0 Å². The second-order valence-corrected chi connectivity index (χ2v) is 7.45. The third-order valence-electron chi connectivity index (χ3n) is 6.24. The van der Waals surface area contributed by atoms with Gasteiger partial charge in [0, 0.05) is 6.07 Å². The summed E-state index contributed by atoms with van der Waals surface area (Å²) in [5, 5.41) is 19.3. The lowest BCUT2D eigenvalue weighted by Gasteiger charge is -2.54. The fourth-order valence-corrected chi connectivity index (χ4v) is 5.60. The van der Waals surface area contributed by atoms with Gasteiger partial charge in [0.25, 0.3) is 0 Å². The van der Waals surface area contributed by atoms with Crippen molar-refractivity contribution >= 4 is 0 Å². The Morgan fingerprint density at radius 3 is 2.15 bits per heavy atom. The van der Waals surface area contributed by atoms with Crippen LogP contribution in [0.1, 0.15) is 44.1 Å². The van der Waals surface area contributed by atoms with Gasteiger partial charge in [-0.05, 0) is 86.2 Å². The molecule has 0 amide bonds. The van der Waals surface area contributed by atoms with Crippen LogP contribution in [0.4, 0.5) is 0 Å². The quantitative estimate of drug-likeness (QED) is 0.869. The Morgan fingerprint density at radius 1 is 0.900 bits per heavy atom. The second kappa shape index (κ2) is 4.68. The minimum atomic E-state index is 0.154. The first-order chi connectivity index (χ1) is 9.69. The van der Waals surface area contributed by atoms with E-state index in [1.54, 1.807) is 6.07 Å². The first kappa shape index (κ1) is 12.6. The van der Waals surface area contributed by atoms with Crippen LogP contribution in [0, 0.1) is 29.6 Å². The Morgan fingerprint density at radius 2 is 1.55 bits per heavy atom. The van der Waals surface area contributed by atoms with E-state index in [0.29, 0.717) is 0 Å². The third-order valence-corrected chi connectivity index (χ3v) is 6.24. The summed E-state index contributed by atoms with van der Waals surface area (Å²) in [7, 11) is 0. The molecule has 4 aliphatic carbocycles. The van der Waals surface area contributed by atoms with Crippen molar-refractivity contribution in [3.8, 4) is 11.5 Å². The lowest BCUT2D eigenvalue weighted by atomic mass is 9.51. The Labute approximate surface area is 120 Å². The summed E-state index contributed by atoms with van der Waals surface area (Å²) < 4.78 is 0. The van der Waals surface area contributed by atoms with Gasteiger partial charge in [0.05, 0.1) is 0 Å².